The first-order valence-corrected chi connectivity index (χ1v) is 10.1. The lowest BCUT2D eigenvalue weighted by molar-refractivity contribution is -0.111. The largest absolute Gasteiger partial charge is 0.489 e. The molecule has 0 aliphatic heterocycles. The maximum atomic E-state index is 12.4. The van der Waals surface area contributed by atoms with Crippen LogP contribution in [0.4, 0.5) is 5.69 Å². The third-order valence-electron chi connectivity index (χ3n) is 4.80. The second-order valence-electron chi connectivity index (χ2n) is 6.82. The SMILES string of the molecule is CCc1cccc(CC)c1NC(=O)/C=C/c1ccc(OCc2ccccc2)cc1. The van der Waals surface area contributed by atoms with Gasteiger partial charge in [0.2, 0.25) is 5.91 Å². The Bertz CT molecular complexity index is 938. The Balaban J connectivity index is 1.59. The summed E-state index contributed by atoms with van der Waals surface area (Å²) in [5, 5.41) is 3.05. The first kappa shape index (κ1) is 20.4. The van der Waals surface area contributed by atoms with Crippen LogP contribution in [0.15, 0.2) is 78.9 Å². The highest BCUT2D eigenvalue weighted by Crippen LogP contribution is 2.22. The van der Waals surface area contributed by atoms with Gasteiger partial charge in [0.05, 0.1) is 0 Å². The first-order valence-electron chi connectivity index (χ1n) is 10.1. The first-order chi connectivity index (χ1) is 14.2. The number of aryl methyl sites for hydroxylation is 2. The van der Waals surface area contributed by atoms with Crippen molar-refractivity contribution in [2.45, 2.75) is 33.3 Å². The molecule has 0 unspecified atom stereocenters. The predicted octanol–water partition coefficient (Wildman–Crippen LogP) is 6.04. The van der Waals surface area contributed by atoms with E-state index < -0.39 is 0 Å². The van der Waals surface area contributed by atoms with E-state index in [0.717, 1.165) is 46.5 Å². The fourth-order valence-corrected chi connectivity index (χ4v) is 3.16. The Morgan fingerprint density at radius 1 is 0.862 bits per heavy atom. The number of carbonyl (C=O) groups excluding carboxylic acids is 1. The van der Waals surface area contributed by atoms with Gasteiger partial charge < -0.3 is 10.1 Å². The van der Waals surface area contributed by atoms with Crippen molar-refractivity contribution in [1.29, 1.82) is 0 Å². The Kier molecular flexibility index (Phi) is 7.23. The zero-order valence-corrected chi connectivity index (χ0v) is 17.0. The van der Waals surface area contributed by atoms with Crippen molar-refractivity contribution in [1.82, 2.24) is 0 Å². The molecular formula is C26H27NO2. The average Bonchev–Trinajstić information content (AvgIpc) is 2.77. The summed E-state index contributed by atoms with van der Waals surface area (Å²) in [4.78, 5) is 12.4. The minimum absolute atomic E-state index is 0.120. The summed E-state index contributed by atoms with van der Waals surface area (Å²) in [5.74, 6) is 0.685. The molecule has 0 aliphatic rings. The molecule has 0 radical (unpaired) electrons. The van der Waals surface area contributed by atoms with Crippen LogP contribution in [0.3, 0.4) is 0 Å². The fourth-order valence-electron chi connectivity index (χ4n) is 3.16. The van der Waals surface area contributed by atoms with Crippen LogP contribution in [0, 0.1) is 0 Å². The molecule has 148 valence electrons. The normalized spacial score (nSPS) is 10.8. The number of rotatable bonds is 8. The molecule has 0 bridgehead atoms. The third kappa shape index (κ3) is 5.82. The predicted molar refractivity (Wildman–Crippen MR) is 120 cm³/mol. The van der Waals surface area contributed by atoms with E-state index in [9.17, 15) is 4.79 Å². The van der Waals surface area contributed by atoms with Gasteiger partial charge in [0.25, 0.3) is 0 Å². The molecule has 3 nitrogen and oxygen atoms in total. The van der Waals surface area contributed by atoms with E-state index in [-0.39, 0.29) is 5.91 Å². The van der Waals surface area contributed by atoms with E-state index in [2.05, 4.69) is 31.3 Å². The summed E-state index contributed by atoms with van der Waals surface area (Å²) in [7, 11) is 0. The molecule has 1 N–H and O–H groups in total. The molecule has 0 spiro atoms. The van der Waals surface area contributed by atoms with Crippen LogP contribution in [0.1, 0.15) is 36.1 Å². The minimum Gasteiger partial charge on any atom is -0.489 e. The summed E-state index contributed by atoms with van der Waals surface area (Å²) in [6.45, 7) is 4.73. The van der Waals surface area contributed by atoms with Crippen molar-refractivity contribution < 1.29 is 9.53 Å². The van der Waals surface area contributed by atoms with E-state index in [1.165, 1.54) is 0 Å². The number of ether oxygens (including phenoxy) is 1. The highest BCUT2D eigenvalue weighted by atomic mass is 16.5. The molecule has 0 saturated heterocycles. The number of nitrogens with one attached hydrogen (secondary N) is 1. The van der Waals surface area contributed by atoms with E-state index in [0.29, 0.717) is 6.61 Å². The van der Waals surface area contributed by atoms with Crippen LogP contribution in [0.2, 0.25) is 0 Å². The Morgan fingerprint density at radius 3 is 2.14 bits per heavy atom. The number of para-hydroxylation sites is 1. The van der Waals surface area contributed by atoms with Gasteiger partial charge in [0.1, 0.15) is 12.4 Å². The van der Waals surface area contributed by atoms with E-state index in [4.69, 9.17) is 4.74 Å². The lowest BCUT2D eigenvalue weighted by Gasteiger charge is -2.13. The molecule has 3 heteroatoms. The molecule has 1 amide bonds. The summed E-state index contributed by atoms with van der Waals surface area (Å²) < 4.78 is 5.80. The standard InChI is InChI=1S/C26H27NO2/c1-3-22-11-8-12-23(4-2)26(22)27-25(28)18-15-20-13-16-24(17-14-20)29-19-21-9-6-5-7-10-21/h5-18H,3-4,19H2,1-2H3,(H,27,28)/b18-15+. The van der Waals surface area contributed by atoms with E-state index in [1.54, 1.807) is 6.08 Å². The lowest BCUT2D eigenvalue weighted by Crippen LogP contribution is -2.11. The Hall–Kier alpha value is -3.33. The van der Waals surface area contributed by atoms with Gasteiger partial charge >= 0.3 is 0 Å². The maximum Gasteiger partial charge on any atom is 0.248 e. The van der Waals surface area contributed by atoms with Crippen LogP contribution in [-0.2, 0) is 24.2 Å². The van der Waals surface area contributed by atoms with Gasteiger partial charge in [-0.2, -0.15) is 0 Å². The number of hydrogen-bond donors (Lipinski definition) is 1. The summed E-state index contributed by atoms with van der Waals surface area (Å²) in [6, 6.07) is 24.0. The van der Waals surface area contributed by atoms with Crippen LogP contribution < -0.4 is 10.1 Å². The molecule has 3 aromatic carbocycles. The van der Waals surface area contributed by atoms with Crippen molar-refractivity contribution in [3.05, 3.63) is 101 Å². The lowest BCUT2D eigenvalue weighted by atomic mass is 10.0. The number of hydrogen-bond acceptors (Lipinski definition) is 2. The molecule has 3 aromatic rings. The molecule has 0 aromatic heterocycles. The third-order valence-corrected chi connectivity index (χ3v) is 4.80. The van der Waals surface area contributed by atoms with Gasteiger partial charge in [-0.05, 0) is 53.3 Å². The van der Waals surface area contributed by atoms with Crippen molar-refractivity contribution in [2.75, 3.05) is 5.32 Å². The van der Waals surface area contributed by atoms with Gasteiger partial charge in [0, 0.05) is 11.8 Å². The molecular weight excluding hydrogens is 358 g/mol. The quantitative estimate of drug-likeness (QED) is 0.480. The van der Waals surface area contributed by atoms with Crippen molar-refractivity contribution in [2.24, 2.45) is 0 Å². The Morgan fingerprint density at radius 2 is 1.52 bits per heavy atom. The Labute approximate surface area is 173 Å². The zero-order valence-electron chi connectivity index (χ0n) is 17.0. The summed E-state index contributed by atoms with van der Waals surface area (Å²) >= 11 is 0. The van der Waals surface area contributed by atoms with E-state index >= 15 is 0 Å². The van der Waals surface area contributed by atoms with Crippen LogP contribution in [0.25, 0.3) is 6.08 Å². The minimum atomic E-state index is -0.120. The molecule has 0 fully saturated rings. The van der Waals surface area contributed by atoms with Gasteiger partial charge in [-0.3, -0.25) is 4.79 Å². The van der Waals surface area contributed by atoms with Crippen molar-refractivity contribution >= 4 is 17.7 Å². The molecule has 0 saturated carbocycles. The highest BCUT2D eigenvalue weighted by Gasteiger charge is 2.08. The molecule has 0 aliphatic carbocycles. The van der Waals surface area contributed by atoms with Crippen LogP contribution >= 0.6 is 0 Å². The second-order valence-corrected chi connectivity index (χ2v) is 6.82. The fraction of sp³-hybridized carbons (Fsp3) is 0.192. The second kappa shape index (κ2) is 10.3. The van der Waals surface area contributed by atoms with Crippen LogP contribution in [-0.4, -0.2) is 5.91 Å². The maximum absolute atomic E-state index is 12.4. The topological polar surface area (TPSA) is 38.3 Å². The van der Waals surface area contributed by atoms with Gasteiger partial charge in [-0.25, -0.2) is 0 Å². The van der Waals surface area contributed by atoms with E-state index in [1.807, 2.05) is 66.7 Å². The van der Waals surface area contributed by atoms with Gasteiger partial charge in [0.15, 0.2) is 0 Å². The smallest absolute Gasteiger partial charge is 0.248 e. The van der Waals surface area contributed by atoms with Gasteiger partial charge in [-0.1, -0.05) is 74.5 Å². The zero-order chi connectivity index (χ0) is 20.5. The summed E-state index contributed by atoms with van der Waals surface area (Å²) in [6.07, 6.45) is 5.16. The molecule has 0 atom stereocenters. The highest BCUT2D eigenvalue weighted by molar-refractivity contribution is 6.02. The number of carbonyl (C=O) groups is 1. The summed E-state index contributed by atoms with van der Waals surface area (Å²) in [5.41, 5.74) is 5.34. The van der Waals surface area contributed by atoms with Crippen LogP contribution in [0.5, 0.6) is 5.75 Å². The van der Waals surface area contributed by atoms with Crippen molar-refractivity contribution in [3.8, 4) is 5.75 Å². The van der Waals surface area contributed by atoms with Gasteiger partial charge in [-0.15, -0.1) is 0 Å². The van der Waals surface area contributed by atoms with Crippen molar-refractivity contribution in [3.63, 3.8) is 0 Å². The molecule has 29 heavy (non-hydrogen) atoms. The number of benzene rings is 3. The number of anilines is 1. The molecule has 3 rings (SSSR count). The molecule has 0 heterocycles. The average molecular weight is 386 g/mol. The number of amides is 1. The monoisotopic (exact) mass is 385 g/mol.